The third-order valence-electron chi connectivity index (χ3n) is 6.81. The van der Waals surface area contributed by atoms with Gasteiger partial charge in [0.25, 0.3) is 5.91 Å². The Labute approximate surface area is 240 Å². The molecule has 3 aliphatic rings. The minimum absolute atomic E-state index is 0.0349. The lowest BCUT2D eigenvalue weighted by Gasteiger charge is -2.50. The van der Waals surface area contributed by atoms with Crippen molar-refractivity contribution in [2.45, 2.75) is 43.9 Å². The lowest BCUT2D eigenvalue weighted by molar-refractivity contribution is -0.153. The minimum Gasteiger partial charge on any atom is -0.497 e. The Morgan fingerprint density at radius 2 is 1.80 bits per heavy atom. The molecule has 1 N–H and O–H groups in total. The van der Waals surface area contributed by atoms with Crippen LogP contribution in [0.1, 0.15) is 24.5 Å². The van der Waals surface area contributed by atoms with Crippen LogP contribution in [0.25, 0.3) is 0 Å². The number of hydrogen-bond donors (Lipinski definition) is 1. The Morgan fingerprint density at radius 3 is 2.51 bits per heavy atom. The van der Waals surface area contributed by atoms with E-state index in [0.29, 0.717) is 17.1 Å². The Balaban J connectivity index is 1.33. The number of oxime groups is 1. The normalized spacial score (nSPS) is 21.2. The predicted molar refractivity (Wildman–Crippen MR) is 149 cm³/mol. The fourth-order valence-electron chi connectivity index (χ4n) is 4.72. The van der Waals surface area contributed by atoms with E-state index >= 15 is 0 Å². The number of hydrogen-bond acceptors (Lipinski definition) is 10. The Morgan fingerprint density at radius 1 is 1.05 bits per heavy atom. The van der Waals surface area contributed by atoms with Crippen LogP contribution in [-0.4, -0.2) is 71.4 Å². The van der Waals surface area contributed by atoms with E-state index in [9.17, 15) is 19.2 Å². The predicted octanol–water partition coefficient (Wildman–Crippen LogP) is 2.34. The summed E-state index contributed by atoms with van der Waals surface area (Å²) in [6.45, 7) is 1.84. The second-order valence-corrected chi connectivity index (χ2v) is 10.6. The van der Waals surface area contributed by atoms with Crippen LogP contribution in [0.15, 0.2) is 71.0 Å². The Bertz CT molecular complexity index is 1390. The van der Waals surface area contributed by atoms with Gasteiger partial charge in [0, 0.05) is 17.7 Å². The van der Waals surface area contributed by atoms with Gasteiger partial charge in [0.05, 0.1) is 20.1 Å². The maximum atomic E-state index is 13.5. The maximum Gasteiger partial charge on any atom is 0.356 e. The van der Waals surface area contributed by atoms with Crippen molar-refractivity contribution in [2.24, 2.45) is 5.16 Å². The first-order valence-corrected chi connectivity index (χ1v) is 14.1. The molecule has 214 valence electrons. The zero-order valence-electron chi connectivity index (χ0n) is 22.5. The van der Waals surface area contributed by atoms with Gasteiger partial charge in [-0.05, 0) is 30.2 Å². The molecule has 41 heavy (non-hydrogen) atoms. The average Bonchev–Trinajstić information content (AvgIpc) is 3.49. The molecule has 2 aromatic carbocycles. The van der Waals surface area contributed by atoms with Crippen molar-refractivity contribution >= 4 is 41.2 Å². The highest BCUT2D eigenvalue weighted by Gasteiger charge is 2.55. The van der Waals surface area contributed by atoms with Gasteiger partial charge in [-0.2, -0.15) is 0 Å². The number of esters is 2. The first kappa shape index (κ1) is 28.2. The van der Waals surface area contributed by atoms with Crippen molar-refractivity contribution in [2.75, 3.05) is 19.5 Å². The molecule has 0 aromatic heterocycles. The van der Waals surface area contributed by atoms with Crippen molar-refractivity contribution < 1.29 is 38.2 Å². The van der Waals surface area contributed by atoms with Crippen molar-refractivity contribution in [3.63, 3.8) is 0 Å². The number of benzene rings is 2. The molecule has 11 nitrogen and oxygen atoms in total. The molecule has 0 spiro atoms. The molecule has 0 saturated carbocycles. The summed E-state index contributed by atoms with van der Waals surface area (Å²) in [5, 5.41) is 6.18. The molecule has 1 fully saturated rings. The Kier molecular flexibility index (Phi) is 8.58. The van der Waals surface area contributed by atoms with E-state index in [4.69, 9.17) is 19.0 Å². The van der Waals surface area contributed by atoms with Crippen molar-refractivity contribution in [1.82, 2.24) is 10.2 Å². The highest BCUT2D eigenvalue weighted by atomic mass is 32.2. The first-order valence-electron chi connectivity index (χ1n) is 13.1. The van der Waals surface area contributed by atoms with Crippen LogP contribution in [0.3, 0.4) is 0 Å². The zero-order chi connectivity index (χ0) is 28.9. The summed E-state index contributed by atoms with van der Waals surface area (Å²) < 4.78 is 15.8. The van der Waals surface area contributed by atoms with Gasteiger partial charge in [0.2, 0.25) is 5.91 Å². The third-order valence-corrected chi connectivity index (χ3v) is 8.11. The molecule has 5 rings (SSSR count). The highest BCUT2D eigenvalue weighted by molar-refractivity contribution is 8.00. The van der Waals surface area contributed by atoms with Crippen LogP contribution in [0, 0.1) is 0 Å². The Hall–Kier alpha value is -4.32. The van der Waals surface area contributed by atoms with Crippen LogP contribution in [0.4, 0.5) is 0 Å². The van der Waals surface area contributed by atoms with Gasteiger partial charge in [0.1, 0.15) is 29.5 Å². The summed E-state index contributed by atoms with van der Waals surface area (Å²) in [6, 6.07) is 15.5. The fraction of sp³-hybridized carbons (Fsp3) is 0.345. The smallest absolute Gasteiger partial charge is 0.356 e. The van der Waals surface area contributed by atoms with Gasteiger partial charge >= 0.3 is 11.9 Å². The second kappa shape index (κ2) is 12.5. The average molecular weight is 580 g/mol. The quantitative estimate of drug-likeness (QED) is 0.333. The molecule has 3 heterocycles. The number of amides is 2. The highest BCUT2D eigenvalue weighted by Crippen LogP contribution is 2.43. The summed E-state index contributed by atoms with van der Waals surface area (Å²) in [4.78, 5) is 58.6. The minimum atomic E-state index is -0.794. The molecule has 3 atom stereocenters. The molecular weight excluding hydrogens is 550 g/mol. The van der Waals surface area contributed by atoms with E-state index in [1.807, 2.05) is 30.3 Å². The van der Waals surface area contributed by atoms with Crippen molar-refractivity contribution in [1.29, 1.82) is 0 Å². The number of β-lactam (4-membered cyclic amide) rings is 1. The van der Waals surface area contributed by atoms with E-state index in [1.165, 1.54) is 16.7 Å². The lowest BCUT2D eigenvalue weighted by atomic mass is 9.98. The number of rotatable bonds is 10. The van der Waals surface area contributed by atoms with Crippen LogP contribution in [-0.2, 0) is 46.5 Å². The maximum absolute atomic E-state index is 13.5. The van der Waals surface area contributed by atoms with Gasteiger partial charge < -0.3 is 24.4 Å². The van der Waals surface area contributed by atoms with E-state index in [2.05, 4.69) is 10.5 Å². The largest absolute Gasteiger partial charge is 0.497 e. The van der Waals surface area contributed by atoms with Gasteiger partial charge in [-0.25, -0.2) is 9.59 Å². The summed E-state index contributed by atoms with van der Waals surface area (Å²) in [5.41, 5.74) is 2.19. The summed E-state index contributed by atoms with van der Waals surface area (Å²) in [5.74, 6) is -1.05. The van der Waals surface area contributed by atoms with E-state index < -0.39 is 35.4 Å². The number of nitrogens with one attached hydrogen (secondary N) is 1. The number of fused-ring (bicyclic) bond motifs is 1. The summed E-state index contributed by atoms with van der Waals surface area (Å²) in [7, 11) is 1.56. The van der Waals surface area contributed by atoms with E-state index in [1.54, 1.807) is 38.3 Å². The van der Waals surface area contributed by atoms with Crippen LogP contribution in [0.2, 0.25) is 0 Å². The van der Waals surface area contributed by atoms with Gasteiger partial charge in [-0.15, -0.1) is 11.8 Å². The van der Waals surface area contributed by atoms with Crippen LogP contribution >= 0.6 is 11.8 Å². The first-order chi connectivity index (χ1) is 19.9. The monoisotopic (exact) mass is 579 g/mol. The SMILES string of the molecule is CCOC(=O)C1=NO[C@@H](C2=C(C(=O)OCc3ccc(OC)cc3)N3C(=O)C(NC(=O)Cc4ccccc4)C3SC2)C1. The number of methoxy groups -OCH3 is 1. The van der Waals surface area contributed by atoms with E-state index in [-0.39, 0.29) is 43.4 Å². The molecule has 0 bridgehead atoms. The molecule has 3 aliphatic heterocycles. The molecule has 2 aromatic rings. The summed E-state index contributed by atoms with van der Waals surface area (Å²) in [6.07, 6.45) is -0.525. The zero-order valence-corrected chi connectivity index (χ0v) is 23.3. The molecule has 2 unspecified atom stereocenters. The number of thioether (sulfide) groups is 1. The molecular formula is C29H29N3O8S. The number of carbonyl (C=O) groups excluding carboxylic acids is 4. The number of carbonyl (C=O) groups is 4. The lowest BCUT2D eigenvalue weighted by Crippen LogP contribution is -2.71. The molecule has 0 aliphatic carbocycles. The molecule has 1 saturated heterocycles. The summed E-state index contributed by atoms with van der Waals surface area (Å²) >= 11 is 1.39. The molecule has 2 amide bonds. The topological polar surface area (TPSA) is 133 Å². The van der Waals surface area contributed by atoms with Crippen LogP contribution < -0.4 is 10.1 Å². The number of nitrogens with zero attached hydrogens (tertiary/aromatic N) is 2. The van der Waals surface area contributed by atoms with Crippen molar-refractivity contribution in [3.8, 4) is 5.75 Å². The molecule has 12 heteroatoms. The van der Waals surface area contributed by atoms with Gasteiger partial charge in [-0.3, -0.25) is 14.5 Å². The van der Waals surface area contributed by atoms with Gasteiger partial charge in [-0.1, -0.05) is 47.6 Å². The fourth-order valence-corrected chi connectivity index (χ4v) is 6.13. The van der Waals surface area contributed by atoms with E-state index in [0.717, 1.165) is 11.1 Å². The molecule has 0 radical (unpaired) electrons. The van der Waals surface area contributed by atoms with Gasteiger partial charge in [0.15, 0.2) is 11.8 Å². The number of ether oxygens (including phenoxy) is 3. The van der Waals surface area contributed by atoms with Crippen molar-refractivity contribution in [3.05, 3.63) is 77.0 Å². The standard InChI is InChI=1S/C29H29N3O8S/c1-3-38-28(35)21-14-22(40-31-21)20-16-41-27-24(30-23(33)13-17-7-5-4-6-8-17)26(34)32(27)25(20)29(36)39-15-18-9-11-19(37-2)12-10-18/h4-12,22,24,27H,3,13-16H2,1-2H3,(H,30,33)/t22-,24?,27?/m1/s1. The second-order valence-electron chi connectivity index (χ2n) is 9.47. The van der Waals surface area contributed by atoms with Crippen LogP contribution in [0.5, 0.6) is 5.75 Å². The third kappa shape index (κ3) is 6.07.